The van der Waals surface area contributed by atoms with E-state index >= 15 is 0 Å². The third-order valence-electron chi connectivity index (χ3n) is 6.31. The Morgan fingerprint density at radius 2 is 0.559 bits per heavy atom. The van der Waals surface area contributed by atoms with Gasteiger partial charge in [-0.05, 0) is 25.7 Å². The molecule has 0 saturated heterocycles. The fourth-order valence-corrected chi connectivity index (χ4v) is 4.05. The van der Waals surface area contributed by atoms with E-state index < -0.39 is 0 Å². The number of rotatable bonds is 25. The van der Waals surface area contributed by atoms with E-state index in [4.69, 9.17) is 0 Å². The number of urea groups is 2. The molecule has 0 unspecified atom stereocenters. The van der Waals surface area contributed by atoms with Gasteiger partial charge in [-0.25, -0.2) is 9.59 Å². The van der Waals surface area contributed by atoms with E-state index in [2.05, 4.69) is 35.1 Å². The zero-order chi connectivity index (χ0) is 25.0. The maximum absolute atomic E-state index is 11.7. The molecule has 0 aliphatic rings. The van der Waals surface area contributed by atoms with E-state index in [1.54, 1.807) is 0 Å². The summed E-state index contributed by atoms with van der Waals surface area (Å²) in [6, 6.07) is -0.0159. The van der Waals surface area contributed by atoms with Gasteiger partial charge in [0.2, 0.25) is 0 Å². The van der Waals surface area contributed by atoms with Crippen LogP contribution in [0.5, 0.6) is 0 Å². The first-order chi connectivity index (χ1) is 16.7. The quantitative estimate of drug-likeness (QED) is 0.102. The molecular weight excluding hydrogens is 424 g/mol. The zero-order valence-electron chi connectivity index (χ0n) is 22.8. The van der Waals surface area contributed by atoms with Gasteiger partial charge >= 0.3 is 12.1 Å². The Labute approximate surface area is 211 Å². The van der Waals surface area contributed by atoms with Gasteiger partial charge in [-0.3, -0.25) is 0 Å². The molecule has 0 fully saturated rings. The Balaban J connectivity index is 3.17. The van der Waals surface area contributed by atoms with Gasteiger partial charge in [0, 0.05) is 26.2 Å². The van der Waals surface area contributed by atoms with Gasteiger partial charge < -0.3 is 21.3 Å². The first-order valence-electron chi connectivity index (χ1n) is 14.7. The fraction of sp³-hybridized carbons (Fsp3) is 0.929. The number of nitrogens with one attached hydrogen (secondary N) is 4. The van der Waals surface area contributed by atoms with Crippen LogP contribution in [0.4, 0.5) is 9.59 Å². The van der Waals surface area contributed by atoms with Crippen LogP contribution in [0.1, 0.15) is 142 Å². The molecule has 6 heteroatoms. The number of carbonyl (C=O) groups excluding carboxylic acids is 2. The van der Waals surface area contributed by atoms with Crippen LogP contribution in [-0.4, -0.2) is 38.2 Å². The SMILES string of the molecule is CCCCCCNC(=O)NCCCCCCCCCCCCCCNC(=O)NCCCCCC. The van der Waals surface area contributed by atoms with Gasteiger partial charge in [-0.1, -0.05) is 117 Å². The number of carbonyl (C=O) groups is 2. The molecule has 0 saturated carbocycles. The van der Waals surface area contributed by atoms with E-state index in [1.807, 2.05) is 0 Å². The van der Waals surface area contributed by atoms with Crippen molar-refractivity contribution in [2.24, 2.45) is 0 Å². The molecule has 0 spiro atoms. The van der Waals surface area contributed by atoms with Crippen molar-refractivity contribution in [3.63, 3.8) is 0 Å². The van der Waals surface area contributed by atoms with Gasteiger partial charge in [-0.2, -0.15) is 0 Å². The van der Waals surface area contributed by atoms with Crippen molar-refractivity contribution in [2.75, 3.05) is 26.2 Å². The molecule has 0 aliphatic carbocycles. The van der Waals surface area contributed by atoms with E-state index in [1.165, 1.54) is 103 Å². The predicted molar refractivity (Wildman–Crippen MR) is 146 cm³/mol. The Morgan fingerprint density at radius 3 is 0.794 bits per heavy atom. The molecule has 6 nitrogen and oxygen atoms in total. The van der Waals surface area contributed by atoms with Crippen LogP contribution in [-0.2, 0) is 0 Å². The lowest BCUT2D eigenvalue weighted by Crippen LogP contribution is -2.36. The highest BCUT2D eigenvalue weighted by atomic mass is 16.2. The minimum Gasteiger partial charge on any atom is -0.338 e. The van der Waals surface area contributed by atoms with Crippen LogP contribution < -0.4 is 21.3 Å². The lowest BCUT2D eigenvalue weighted by Gasteiger charge is -2.08. The monoisotopic (exact) mass is 482 g/mol. The molecule has 0 aliphatic heterocycles. The lowest BCUT2D eigenvalue weighted by molar-refractivity contribution is 0.239. The highest BCUT2D eigenvalue weighted by Gasteiger charge is 2.00. The van der Waals surface area contributed by atoms with Gasteiger partial charge in [0.25, 0.3) is 0 Å². The Bertz CT molecular complexity index is 406. The van der Waals surface area contributed by atoms with Crippen LogP contribution in [0.25, 0.3) is 0 Å². The van der Waals surface area contributed by atoms with E-state index in [0.717, 1.165) is 51.9 Å². The van der Waals surface area contributed by atoms with Crippen molar-refractivity contribution in [2.45, 2.75) is 142 Å². The highest BCUT2D eigenvalue weighted by Crippen LogP contribution is 2.11. The summed E-state index contributed by atoms with van der Waals surface area (Å²) in [4.78, 5) is 23.3. The minimum absolute atomic E-state index is 0.00794. The Kier molecular flexibility index (Phi) is 26.6. The molecule has 0 atom stereocenters. The Hall–Kier alpha value is -1.46. The van der Waals surface area contributed by atoms with Crippen LogP contribution in [0.2, 0.25) is 0 Å². The second-order valence-electron chi connectivity index (χ2n) is 9.73. The first kappa shape index (κ1) is 32.5. The summed E-state index contributed by atoms with van der Waals surface area (Å²) in [5.74, 6) is 0. The summed E-state index contributed by atoms with van der Waals surface area (Å²) < 4.78 is 0. The summed E-state index contributed by atoms with van der Waals surface area (Å²) in [6.45, 7) is 7.57. The molecule has 0 bridgehead atoms. The molecular formula is C28H58N4O2. The van der Waals surface area contributed by atoms with Crippen LogP contribution in [0.3, 0.4) is 0 Å². The van der Waals surface area contributed by atoms with Crippen molar-refractivity contribution >= 4 is 12.1 Å². The number of amides is 4. The molecule has 4 amide bonds. The van der Waals surface area contributed by atoms with Crippen molar-refractivity contribution < 1.29 is 9.59 Å². The molecule has 0 radical (unpaired) electrons. The fourth-order valence-electron chi connectivity index (χ4n) is 4.05. The predicted octanol–water partition coefficient (Wildman–Crippen LogP) is 7.43. The summed E-state index contributed by atoms with van der Waals surface area (Å²) in [5, 5.41) is 11.8. The van der Waals surface area contributed by atoms with Crippen LogP contribution in [0.15, 0.2) is 0 Å². The number of unbranched alkanes of at least 4 members (excludes halogenated alkanes) is 17. The average Bonchev–Trinajstić information content (AvgIpc) is 2.83. The molecule has 4 N–H and O–H groups in total. The summed E-state index contributed by atoms with van der Waals surface area (Å²) in [6.07, 6.45) is 24.7. The van der Waals surface area contributed by atoms with Crippen molar-refractivity contribution in [1.29, 1.82) is 0 Å². The Morgan fingerprint density at radius 1 is 0.353 bits per heavy atom. The zero-order valence-corrected chi connectivity index (χ0v) is 22.8. The third-order valence-corrected chi connectivity index (χ3v) is 6.31. The minimum atomic E-state index is -0.00794. The molecule has 0 rings (SSSR count). The molecule has 34 heavy (non-hydrogen) atoms. The van der Waals surface area contributed by atoms with Crippen LogP contribution >= 0.6 is 0 Å². The summed E-state index contributed by atoms with van der Waals surface area (Å²) in [5.41, 5.74) is 0. The van der Waals surface area contributed by atoms with Crippen molar-refractivity contribution in [3.8, 4) is 0 Å². The summed E-state index contributed by atoms with van der Waals surface area (Å²) in [7, 11) is 0. The first-order valence-corrected chi connectivity index (χ1v) is 14.7. The van der Waals surface area contributed by atoms with Gasteiger partial charge in [0.1, 0.15) is 0 Å². The maximum Gasteiger partial charge on any atom is 0.314 e. The maximum atomic E-state index is 11.7. The lowest BCUT2D eigenvalue weighted by atomic mass is 10.1. The van der Waals surface area contributed by atoms with E-state index in [0.29, 0.717) is 0 Å². The molecule has 0 aromatic carbocycles. The normalized spacial score (nSPS) is 10.8. The average molecular weight is 483 g/mol. The molecule has 202 valence electrons. The number of hydrogen-bond donors (Lipinski definition) is 4. The smallest absolute Gasteiger partial charge is 0.314 e. The highest BCUT2D eigenvalue weighted by molar-refractivity contribution is 5.74. The van der Waals surface area contributed by atoms with Crippen molar-refractivity contribution in [1.82, 2.24) is 21.3 Å². The topological polar surface area (TPSA) is 82.3 Å². The molecule has 0 aromatic rings. The standard InChI is InChI=1S/C28H58N4O2/c1-3-5-7-19-23-29-27(33)31-25-21-17-15-13-11-9-10-12-14-16-18-22-26-32-28(34)30-24-20-8-6-4-2/h3-26H2,1-2H3,(H2,29,31,33)(H2,30,32,34). The summed E-state index contributed by atoms with van der Waals surface area (Å²) >= 11 is 0. The number of hydrogen-bond acceptors (Lipinski definition) is 2. The molecule has 0 aromatic heterocycles. The third kappa shape index (κ3) is 26.8. The second kappa shape index (κ2) is 27.8. The second-order valence-corrected chi connectivity index (χ2v) is 9.73. The molecule has 0 heterocycles. The van der Waals surface area contributed by atoms with Crippen LogP contribution in [0, 0.1) is 0 Å². The van der Waals surface area contributed by atoms with Gasteiger partial charge in [0.15, 0.2) is 0 Å². The van der Waals surface area contributed by atoms with E-state index in [9.17, 15) is 9.59 Å². The van der Waals surface area contributed by atoms with Crippen molar-refractivity contribution in [3.05, 3.63) is 0 Å². The van der Waals surface area contributed by atoms with Gasteiger partial charge in [-0.15, -0.1) is 0 Å². The van der Waals surface area contributed by atoms with Gasteiger partial charge in [0.05, 0.1) is 0 Å². The van der Waals surface area contributed by atoms with E-state index in [-0.39, 0.29) is 12.1 Å². The largest absolute Gasteiger partial charge is 0.338 e.